The summed E-state index contributed by atoms with van der Waals surface area (Å²) < 4.78 is 27.8. The van der Waals surface area contributed by atoms with Crippen molar-refractivity contribution >= 4 is 51.3 Å². The van der Waals surface area contributed by atoms with Crippen LogP contribution in [0.15, 0.2) is 53.4 Å². The summed E-state index contributed by atoms with van der Waals surface area (Å²) in [6, 6.07) is 10.9. The van der Waals surface area contributed by atoms with E-state index < -0.39 is 28.1 Å². The standard InChI is InChI=1S/C22H22ClN3O6S2/c23-16-7-3-14(4-8-16)15-5-9-17(10-6-15)34(31,32)24-18(21(28)29)2-1-11-25-20(27)19-12-33-13-26(19)22(25)30/h3-10,18-19,24H,1-2,11-13H2,(H,28,29). The van der Waals surface area contributed by atoms with Crippen LogP contribution in [0, 0.1) is 0 Å². The third-order valence-electron chi connectivity index (χ3n) is 5.72. The SMILES string of the molecule is O=C(O)C(CCCN1C(=O)C2CSCN2C1=O)NS(=O)(=O)c1ccc(-c2ccc(Cl)cc2)cc1. The Balaban J connectivity index is 1.38. The number of hydrogen-bond acceptors (Lipinski definition) is 6. The van der Waals surface area contributed by atoms with E-state index in [2.05, 4.69) is 4.72 Å². The molecule has 2 saturated heterocycles. The molecule has 2 unspecified atom stereocenters. The topological polar surface area (TPSA) is 124 Å². The van der Waals surface area contributed by atoms with Gasteiger partial charge in [0, 0.05) is 17.3 Å². The van der Waals surface area contributed by atoms with Crippen molar-refractivity contribution in [1.82, 2.24) is 14.5 Å². The van der Waals surface area contributed by atoms with Gasteiger partial charge in [0.1, 0.15) is 12.1 Å². The highest BCUT2D eigenvalue weighted by Crippen LogP contribution is 2.29. The van der Waals surface area contributed by atoms with Crippen molar-refractivity contribution < 1.29 is 27.9 Å². The zero-order valence-corrected chi connectivity index (χ0v) is 20.3. The number of nitrogens with one attached hydrogen (secondary N) is 1. The third-order valence-corrected chi connectivity index (χ3v) is 8.47. The molecule has 0 radical (unpaired) electrons. The smallest absolute Gasteiger partial charge is 0.328 e. The van der Waals surface area contributed by atoms with Gasteiger partial charge in [-0.1, -0.05) is 35.9 Å². The first kappa shape index (κ1) is 24.5. The second kappa shape index (κ2) is 9.95. The van der Waals surface area contributed by atoms with Crippen LogP contribution < -0.4 is 4.72 Å². The van der Waals surface area contributed by atoms with Crippen molar-refractivity contribution in [3.05, 3.63) is 53.6 Å². The number of amides is 3. The van der Waals surface area contributed by atoms with Crippen LogP contribution in [0.3, 0.4) is 0 Å². The summed E-state index contributed by atoms with van der Waals surface area (Å²) in [5.41, 5.74) is 1.64. The van der Waals surface area contributed by atoms with Crippen molar-refractivity contribution in [3.8, 4) is 11.1 Å². The van der Waals surface area contributed by atoms with E-state index in [0.29, 0.717) is 16.7 Å². The first-order valence-electron chi connectivity index (χ1n) is 10.5. The van der Waals surface area contributed by atoms with Gasteiger partial charge in [-0.05, 0) is 48.2 Å². The summed E-state index contributed by atoms with van der Waals surface area (Å²) in [5, 5.41) is 10.1. The van der Waals surface area contributed by atoms with Crippen molar-refractivity contribution in [2.45, 2.75) is 29.8 Å². The molecule has 2 atom stereocenters. The molecule has 0 aromatic heterocycles. The molecular weight excluding hydrogens is 502 g/mol. The number of imide groups is 1. The fourth-order valence-corrected chi connectivity index (χ4v) is 6.37. The highest BCUT2D eigenvalue weighted by atomic mass is 35.5. The van der Waals surface area contributed by atoms with Gasteiger partial charge in [0.25, 0.3) is 5.91 Å². The van der Waals surface area contributed by atoms with Crippen LogP contribution in [-0.4, -0.2) is 71.5 Å². The van der Waals surface area contributed by atoms with Gasteiger partial charge in [-0.2, -0.15) is 4.72 Å². The minimum absolute atomic E-state index is 0.0383. The van der Waals surface area contributed by atoms with Crippen molar-refractivity contribution in [3.63, 3.8) is 0 Å². The van der Waals surface area contributed by atoms with Gasteiger partial charge < -0.3 is 10.0 Å². The predicted molar refractivity (Wildman–Crippen MR) is 128 cm³/mol. The Morgan fingerprint density at radius 1 is 1.12 bits per heavy atom. The molecular formula is C22H22ClN3O6S2. The Hall–Kier alpha value is -2.60. The van der Waals surface area contributed by atoms with E-state index in [1.54, 1.807) is 24.3 Å². The minimum atomic E-state index is -4.10. The molecule has 0 saturated carbocycles. The van der Waals surface area contributed by atoms with Gasteiger partial charge in [0.15, 0.2) is 0 Å². The predicted octanol–water partition coefficient (Wildman–Crippen LogP) is 2.86. The van der Waals surface area contributed by atoms with Gasteiger partial charge in [-0.25, -0.2) is 13.2 Å². The number of carbonyl (C=O) groups is 3. The lowest BCUT2D eigenvalue weighted by Crippen LogP contribution is -2.41. The Morgan fingerprint density at radius 3 is 2.32 bits per heavy atom. The molecule has 0 spiro atoms. The van der Waals surface area contributed by atoms with Crippen LogP contribution in [0.25, 0.3) is 11.1 Å². The number of benzene rings is 2. The monoisotopic (exact) mass is 523 g/mol. The largest absolute Gasteiger partial charge is 0.480 e. The van der Waals surface area contributed by atoms with Gasteiger partial charge in [0.05, 0.1) is 10.8 Å². The molecule has 0 bridgehead atoms. The van der Waals surface area contributed by atoms with E-state index in [0.717, 1.165) is 16.0 Å². The molecule has 2 aliphatic heterocycles. The van der Waals surface area contributed by atoms with E-state index >= 15 is 0 Å². The average Bonchev–Trinajstić information content (AvgIpc) is 3.38. The summed E-state index contributed by atoms with van der Waals surface area (Å²) in [5.74, 6) is -0.615. The third kappa shape index (κ3) is 5.07. The minimum Gasteiger partial charge on any atom is -0.480 e. The molecule has 2 fully saturated rings. The van der Waals surface area contributed by atoms with Crippen LogP contribution in [0.1, 0.15) is 12.8 Å². The van der Waals surface area contributed by atoms with Crippen LogP contribution in [-0.2, 0) is 19.6 Å². The quantitative estimate of drug-likeness (QED) is 0.484. The lowest BCUT2D eigenvalue weighted by Gasteiger charge is -2.18. The lowest BCUT2D eigenvalue weighted by atomic mass is 10.1. The number of rotatable bonds is 9. The fraction of sp³-hybridized carbons (Fsp3) is 0.318. The molecule has 3 amide bonds. The molecule has 0 aliphatic carbocycles. The molecule has 2 aromatic carbocycles. The van der Waals surface area contributed by atoms with E-state index in [9.17, 15) is 27.9 Å². The number of aliphatic carboxylic acids is 1. The van der Waals surface area contributed by atoms with E-state index in [4.69, 9.17) is 11.6 Å². The summed E-state index contributed by atoms with van der Waals surface area (Å²) in [7, 11) is -4.10. The summed E-state index contributed by atoms with van der Waals surface area (Å²) >= 11 is 7.40. The van der Waals surface area contributed by atoms with Gasteiger partial charge in [-0.15, -0.1) is 11.8 Å². The number of carboxylic acids is 1. The Bertz CT molecular complexity index is 1180. The van der Waals surface area contributed by atoms with E-state index in [1.165, 1.54) is 28.8 Å². The first-order valence-corrected chi connectivity index (χ1v) is 13.5. The number of carbonyl (C=O) groups excluding carboxylic acids is 2. The number of urea groups is 1. The summed E-state index contributed by atoms with van der Waals surface area (Å²) in [6.45, 7) is 0.0383. The van der Waals surface area contributed by atoms with Crippen LogP contribution in [0.4, 0.5) is 4.79 Å². The van der Waals surface area contributed by atoms with Crippen LogP contribution in [0.2, 0.25) is 5.02 Å². The number of sulfonamides is 1. The number of thioether (sulfide) groups is 1. The molecule has 9 nitrogen and oxygen atoms in total. The highest BCUT2D eigenvalue weighted by molar-refractivity contribution is 7.99. The second-order valence-corrected chi connectivity index (χ2v) is 11.1. The zero-order valence-electron chi connectivity index (χ0n) is 17.9. The summed E-state index contributed by atoms with van der Waals surface area (Å²) in [4.78, 5) is 39.0. The van der Waals surface area contributed by atoms with Crippen molar-refractivity contribution in [2.75, 3.05) is 18.2 Å². The Morgan fingerprint density at radius 2 is 1.74 bits per heavy atom. The van der Waals surface area contributed by atoms with Gasteiger partial charge in [-0.3, -0.25) is 14.5 Å². The van der Waals surface area contributed by atoms with E-state index in [-0.39, 0.29) is 36.2 Å². The number of halogens is 1. The molecule has 2 heterocycles. The van der Waals surface area contributed by atoms with E-state index in [1.807, 2.05) is 12.1 Å². The van der Waals surface area contributed by atoms with Crippen LogP contribution in [0.5, 0.6) is 0 Å². The van der Waals surface area contributed by atoms with Gasteiger partial charge in [0.2, 0.25) is 10.0 Å². The molecule has 180 valence electrons. The molecule has 34 heavy (non-hydrogen) atoms. The van der Waals surface area contributed by atoms with Crippen molar-refractivity contribution in [1.29, 1.82) is 0 Å². The lowest BCUT2D eigenvalue weighted by molar-refractivity contribution is -0.139. The molecule has 2 aromatic rings. The number of hydrogen-bond donors (Lipinski definition) is 2. The summed E-state index contributed by atoms with van der Waals surface area (Å²) in [6.07, 6.45) is 0.0775. The van der Waals surface area contributed by atoms with Gasteiger partial charge >= 0.3 is 12.0 Å². The maximum Gasteiger partial charge on any atom is 0.328 e. The second-order valence-electron chi connectivity index (χ2n) is 7.94. The number of carboxylic acid groups (broad SMARTS) is 1. The maximum atomic E-state index is 12.8. The maximum absolute atomic E-state index is 12.8. The Labute approximate surface area is 206 Å². The average molecular weight is 524 g/mol. The normalized spacial score (nSPS) is 18.9. The Kier molecular flexibility index (Phi) is 7.17. The molecule has 4 rings (SSSR count). The molecule has 12 heteroatoms. The first-order chi connectivity index (χ1) is 16.2. The highest BCUT2D eigenvalue weighted by Gasteiger charge is 2.47. The van der Waals surface area contributed by atoms with Crippen LogP contribution >= 0.6 is 23.4 Å². The van der Waals surface area contributed by atoms with Crippen molar-refractivity contribution in [2.24, 2.45) is 0 Å². The fourth-order valence-electron chi connectivity index (χ4n) is 3.88. The number of fused-ring (bicyclic) bond motifs is 1. The number of nitrogens with zero attached hydrogens (tertiary/aromatic N) is 2. The molecule has 2 N–H and O–H groups in total. The zero-order chi connectivity index (χ0) is 24.5. The molecule has 2 aliphatic rings.